The van der Waals surface area contributed by atoms with Crippen molar-refractivity contribution in [2.45, 2.75) is 40.0 Å². The Kier molecular flexibility index (Phi) is 5.00. The second-order valence-corrected chi connectivity index (χ2v) is 4.75. The molecule has 0 amide bonds. The predicted molar refractivity (Wildman–Crippen MR) is 68.8 cm³/mol. The molecule has 0 N–H and O–H groups in total. The Morgan fingerprint density at radius 3 is 1.69 bits per heavy atom. The van der Waals surface area contributed by atoms with Gasteiger partial charge in [-0.1, -0.05) is 6.42 Å². The van der Waals surface area contributed by atoms with Gasteiger partial charge in [-0.2, -0.15) is 0 Å². The molecule has 2 heterocycles. The maximum Gasteiger partial charge on any atom is 0.105 e. The maximum absolute atomic E-state index is 4.27. The molecule has 1 aromatic heterocycles. The zero-order valence-corrected chi connectivity index (χ0v) is 11.4. The second-order valence-electron chi connectivity index (χ2n) is 4.75. The van der Waals surface area contributed by atoms with E-state index in [-0.39, 0.29) is 0 Å². The van der Waals surface area contributed by atoms with Crippen LogP contribution in [0.25, 0.3) is 0 Å². The Morgan fingerprint density at radius 2 is 1.50 bits per heavy atom. The van der Waals surface area contributed by atoms with E-state index in [4.69, 9.17) is 0 Å². The number of imidazole rings is 1. The van der Waals surface area contributed by atoms with Crippen molar-refractivity contribution in [2.24, 2.45) is 7.05 Å². The van der Waals surface area contributed by atoms with Crippen molar-refractivity contribution < 1.29 is 0 Å². The summed E-state index contributed by atoms with van der Waals surface area (Å²) in [7, 11) is 4.23. The first-order valence-electron chi connectivity index (χ1n) is 6.17. The fourth-order valence-corrected chi connectivity index (χ4v) is 1.94. The molecule has 0 aromatic carbocycles. The molecule has 0 spiro atoms. The summed E-state index contributed by atoms with van der Waals surface area (Å²) in [5.74, 6) is 1.09. The highest BCUT2D eigenvalue weighted by Gasteiger charge is 2.02. The SMILES string of the molecule is CN1CCCCC1.Cc1nc(C)n(C)c1C. The van der Waals surface area contributed by atoms with Gasteiger partial charge in [-0.3, -0.25) is 0 Å². The average Bonchev–Trinajstić information content (AvgIpc) is 2.48. The van der Waals surface area contributed by atoms with Gasteiger partial charge in [0.15, 0.2) is 0 Å². The number of nitrogens with zero attached hydrogens (tertiary/aromatic N) is 3. The molecule has 0 atom stereocenters. The number of aromatic nitrogens is 2. The minimum atomic E-state index is 1.09. The van der Waals surface area contributed by atoms with E-state index in [0.29, 0.717) is 0 Å². The van der Waals surface area contributed by atoms with Gasteiger partial charge in [-0.05, 0) is 53.8 Å². The van der Waals surface area contributed by atoms with Gasteiger partial charge in [0.2, 0.25) is 0 Å². The summed E-state index contributed by atoms with van der Waals surface area (Å²) in [4.78, 5) is 6.67. The van der Waals surface area contributed by atoms with Crippen molar-refractivity contribution in [2.75, 3.05) is 20.1 Å². The molecule has 92 valence electrons. The lowest BCUT2D eigenvalue weighted by atomic mass is 10.1. The van der Waals surface area contributed by atoms with Crippen molar-refractivity contribution in [1.82, 2.24) is 14.5 Å². The summed E-state index contributed by atoms with van der Waals surface area (Å²) >= 11 is 0. The van der Waals surface area contributed by atoms with Crippen LogP contribution in [0.15, 0.2) is 0 Å². The van der Waals surface area contributed by atoms with Crippen LogP contribution in [-0.2, 0) is 7.05 Å². The van der Waals surface area contributed by atoms with Crippen LogP contribution in [0, 0.1) is 20.8 Å². The molecule has 16 heavy (non-hydrogen) atoms. The van der Waals surface area contributed by atoms with Crippen molar-refractivity contribution in [3.8, 4) is 0 Å². The minimum Gasteiger partial charge on any atom is -0.335 e. The molecule has 1 aliphatic heterocycles. The van der Waals surface area contributed by atoms with E-state index in [1.165, 1.54) is 38.0 Å². The lowest BCUT2D eigenvalue weighted by Gasteiger charge is -2.20. The molecular formula is C13H25N3. The molecule has 1 fully saturated rings. The van der Waals surface area contributed by atoms with E-state index in [0.717, 1.165) is 11.5 Å². The molecule has 0 aliphatic carbocycles. The largest absolute Gasteiger partial charge is 0.335 e. The Morgan fingerprint density at radius 1 is 0.938 bits per heavy atom. The zero-order chi connectivity index (χ0) is 12.1. The number of likely N-dealkylation sites (tertiary alicyclic amines) is 1. The lowest BCUT2D eigenvalue weighted by Crippen LogP contribution is -2.24. The first kappa shape index (κ1) is 13.2. The van der Waals surface area contributed by atoms with Gasteiger partial charge in [0, 0.05) is 12.7 Å². The van der Waals surface area contributed by atoms with Crippen LogP contribution < -0.4 is 0 Å². The van der Waals surface area contributed by atoms with Crippen LogP contribution in [0.5, 0.6) is 0 Å². The summed E-state index contributed by atoms with van der Waals surface area (Å²) in [6.07, 6.45) is 4.28. The molecule has 3 nitrogen and oxygen atoms in total. The Labute approximate surface area is 99.5 Å². The van der Waals surface area contributed by atoms with Gasteiger partial charge in [-0.25, -0.2) is 4.98 Å². The average molecular weight is 223 g/mol. The van der Waals surface area contributed by atoms with E-state index in [1.807, 2.05) is 20.9 Å². The van der Waals surface area contributed by atoms with Gasteiger partial charge in [0.25, 0.3) is 0 Å². The standard InChI is InChI=1S/C7H12N2.C6H13N/c1-5-6(2)9(4)7(3)8-5;1-7-5-3-2-4-6-7/h1-4H3;2-6H2,1H3. The fraction of sp³-hybridized carbons (Fsp3) is 0.769. The van der Waals surface area contributed by atoms with Crippen LogP contribution in [0.2, 0.25) is 0 Å². The van der Waals surface area contributed by atoms with E-state index < -0.39 is 0 Å². The normalized spacial score (nSPS) is 16.8. The van der Waals surface area contributed by atoms with Gasteiger partial charge in [0.05, 0.1) is 5.69 Å². The summed E-state index contributed by atoms with van der Waals surface area (Å²) in [6.45, 7) is 8.76. The second kappa shape index (κ2) is 6.04. The van der Waals surface area contributed by atoms with Gasteiger partial charge in [-0.15, -0.1) is 0 Å². The third-order valence-corrected chi connectivity index (χ3v) is 3.42. The lowest BCUT2D eigenvalue weighted by molar-refractivity contribution is 0.277. The molecule has 3 heteroatoms. The van der Waals surface area contributed by atoms with Gasteiger partial charge in [0.1, 0.15) is 5.82 Å². The van der Waals surface area contributed by atoms with Crippen LogP contribution in [0.1, 0.15) is 36.5 Å². The first-order valence-corrected chi connectivity index (χ1v) is 6.17. The molecule has 1 aromatic rings. The van der Waals surface area contributed by atoms with Crippen molar-refractivity contribution in [3.63, 3.8) is 0 Å². The van der Waals surface area contributed by atoms with Crippen molar-refractivity contribution in [3.05, 3.63) is 17.2 Å². The number of rotatable bonds is 0. The van der Waals surface area contributed by atoms with E-state index in [2.05, 4.69) is 28.4 Å². The van der Waals surface area contributed by atoms with E-state index >= 15 is 0 Å². The topological polar surface area (TPSA) is 21.1 Å². The van der Waals surface area contributed by atoms with Crippen LogP contribution >= 0.6 is 0 Å². The molecule has 1 aliphatic rings. The van der Waals surface area contributed by atoms with Gasteiger partial charge >= 0.3 is 0 Å². The monoisotopic (exact) mass is 223 g/mol. The molecule has 0 unspecified atom stereocenters. The number of hydrogen-bond acceptors (Lipinski definition) is 2. The minimum absolute atomic E-state index is 1.09. The maximum atomic E-state index is 4.27. The molecule has 0 radical (unpaired) electrons. The fourth-order valence-electron chi connectivity index (χ4n) is 1.94. The smallest absolute Gasteiger partial charge is 0.105 e. The van der Waals surface area contributed by atoms with E-state index in [1.54, 1.807) is 0 Å². The summed E-state index contributed by atoms with van der Waals surface area (Å²) in [5, 5.41) is 0. The molecule has 0 saturated carbocycles. The number of hydrogen-bond donors (Lipinski definition) is 0. The quantitative estimate of drug-likeness (QED) is 0.673. The summed E-state index contributed by atoms with van der Waals surface area (Å²) in [5.41, 5.74) is 2.39. The Bertz CT molecular complexity index is 300. The first-order chi connectivity index (χ1) is 7.52. The highest BCUT2D eigenvalue weighted by Crippen LogP contribution is 2.05. The Hall–Kier alpha value is -0.830. The number of piperidine rings is 1. The highest BCUT2D eigenvalue weighted by atomic mass is 15.1. The summed E-state index contributed by atoms with van der Waals surface area (Å²) < 4.78 is 2.09. The van der Waals surface area contributed by atoms with Crippen molar-refractivity contribution in [1.29, 1.82) is 0 Å². The molecule has 0 bridgehead atoms. The number of aryl methyl sites for hydroxylation is 2. The van der Waals surface area contributed by atoms with Crippen molar-refractivity contribution >= 4 is 0 Å². The van der Waals surface area contributed by atoms with Crippen LogP contribution in [-0.4, -0.2) is 34.6 Å². The Balaban J connectivity index is 0.000000165. The third kappa shape index (κ3) is 3.63. The molecule has 2 rings (SSSR count). The highest BCUT2D eigenvalue weighted by molar-refractivity contribution is 5.12. The van der Waals surface area contributed by atoms with Crippen LogP contribution in [0.3, 0.4) is 0 Å². The predicted octanol–water partition coefficient (Wildman–Crippen LogP) is 2.45. The zero-order valence-electron chi connectivity index (χ0n) is 11.4. The molecular weight excluding hydrogens is 198 g/mol. The molecule has 1 saturated heterocycles. The van der Waals surface area contributed by atoms with Gasteiger partial charge < -0.3 is 9.47 Å². The third-order valence-electron chi connectivity index (χ3n) is 3.42. The summed E-state index contributed by atoms with van der Waals surface area (Å²) in [6, 6.07) is 0. The van der Waals surface area contributed by atoms with E-state index in [9.17, 15) is 0 Å². The van der Waals surface area contributed by atoms with Crippen LogP contribution in [0.4, 0.5) is 0 Å².